The van der Waals surface area contributed by atoms with Crippen LogP contribution in [0.4, 0.5) is 0 Å². The molecule has 166 valence electrons. The predicted molar refractivity (Wildman–Crippen MR) is 117 cm³/mol. The Kier molecular flexibility index (Phi) is 8.29. The van der Waals surface area contributed by atoms with E-state index in [1.54, 1.807) is 7.11 Å². The van der Waals surface area contributed by atoms with Crippen LogP contribution >= 0.6 is 0 Å². The van der Waals surface area contributed by atoms with E-state index in [1.807, 2.05) is 54.6 Å². The van der Waals surface area contributed by atoms with Crippen LogP contribution in [-0.2, 0) is 20.9 Å². The molecule has 3 rings (SSSR count). The van der Waals surface area contributed by atoms with Crippen molar-refractivity contribution >= 4 is 11.8 Å². The molecule has 7 heteroatoms. The molecule has 0 radical (unpaired) electrons. The van der Waals surface area contributed by atoms with Crippen molar-refractivity contribution in [2.45, 2.75) is 25.4 Å². The maximum Gasteiger partial charge on any atom is 0.246 e. The molecule has 0 spiro atoms. The van der Waals surface area contributed by atoms with Crippen molar-refractivity contribution in [3.05, 3.63) is 60.2 Å². The topological polar surface area (TPSA) is 85.9 Å². The van der Waals surface area contributed by atoms with Crippen molar-refractivity contribution in [1.29, 1.82) is 0 Å². The van der Waals surface area contributed by atoms with Gasteiger partial charge in [0.15, 0.2) is 0 Å². The molecule has 31 heavy (non-hydrogen) atoms. The molecule has 0 aromatic heterocycles. The summed E-state index contributed by atoms with van der Waals surface area (Å²) in [7, 11) is 3.09. The van der Waals surface area contributed by atoms with E-state index in [0.717, 1.165) is 17.1 Å². The van der Waals surface area contributed by atoms with Crippen LogP contribution in [0.15, 0.2) is 54.6 Å². The summed E-state index contributed by atoms with van der Waals surface area (Å²) in [6.07, 6.45) is 1.34. The van der Waals surface area contributed by atoms with Crippen LogP contribution in [0.25, 0.3) is 0 Å². The number of benzene rings is 2. The number of rotatable bonds is 10. The number of carbonyl (C=O) groups excluding carboxylic acids is 2. The molecular formula is C24H30N2O5. The molecule has 0 aliphatic heterocycles. The SMILES string of the molecule is COCC(=O)N[C@@H]1C[C@H](COc2ccccc2)C[C@H]1C(=O)NCc1ccc(OC)cc1. The van der Waals surface area contributed by atoms with E-state index in [-0.39, 0.29) is 36.3 Å². The van der Waals surface area contributed by atoms with Crippen molar-refractivity contribution in [2.75, 3.05) is 27.4 Å². The number of ether oxygens (including phenoxy) is 3. The first kappa shape index (κ1) is 22.6. The summed E-state index contributed by atoms with van der Waals surface area (Å²) in [5.74, 6) is 1.14. The molecule has 0 heterocycles. The number of para-hydroxylation sites is 1. The smallest absolute Gasteiger partial charge is 0.246 e. The van der Waals surface area contributed by atoms with Gasteiger partial charge in [0.05, 0.1) is 19.6 Å². The first-order valence-corrected chi connectivity index (χ1v) is 10.5. The first-order chi connectivity index (χ1) is 15.1. The molecule has 7 nitrogen and oxygen atoms in total. The van der Waals surface area contributed by atoms with Gasteiger partial charge >= 0.3 is 0 Å². The lowest BCUT2D eigenvalue weighted by atomic mass is 10.0. The number of methoxy groups -OCH3 is 2. The Morgan fingerprint density at radius 2 is 1.71 bits per heavy atom. The number of hydrogen-bond acceptors (Lipinski definition) is 5. The zero-order valence-corrected chi connectivity index (χ0v) is 18.0. The highest BCUT2D eigenvalue weighted by Crippen LogP contribution is 2.32. The highest BCUT2D eigenvalue weighted by Gasteiger charge is 2.39. The standard InChI is InChI=1S/C24H30N2O5/c1-29-16-23(27)26-22-13-18(15-31-20-6-4-3-5-7-20)12-21(22)24(28)25-14-17-8-10-19(30-2)11-9-17/h3-11,18,21-22H,12-16H2,1-2H3,(H,25,28)(H,26,27)/t18-,21-,22-/m1/s1. The van der Waals surface area contributed by atoms with Crippen LogP contribution in [0.1, 0.15) is 18.4 Å². The van der Waals surface area contributed by atoms with E-state index in [9.17, 15) is 9.59 Å². The summed E-state index contributed by atoms with van der Waals surface area (Å²) in [5.41, 5.74) is 0.982. The summed E-state index contributed by atoms with van der Waals surface area (Å²) in [5, 5.41) is 5.96. The minimum absolute atomic E-state index is 0.0259. The van der Waals surface area contributed by atoms with Crippen LogP contribution in [0.3, 0.4) is 0 Å². The average Bonchev–Trinajstić information content (AvgIpc) is 3.20. The summed E-state index contributed by atoms with van der Waals surface area (Å²) in [4.78, 5) is 25.0. The van der Waals surface area contributed by atoms with Crippen LogP contribution in [0, 0.1) is 11.8 Å². The minimum atomic E-state index is -0.316. The molecule has 1 aliphatic rings. The summed E-state index contributed by atoms with van der Waals surface area (Å²) in [6.45, 7) is 0.897. The molecular weight excluding hydrogens is 396 g/mol. The van der Waals surface area contributed by atoms with Gasteiger partial charge in [0.1, 0.15) is 18.1 Å². The van der Waals surface area contributed by atoms with Gasteiger partial charge in [-0.1, -0.05) is 30.3 Å². The zero-order chi connectivity index (χ0) is 22.1. The monoisotopic (exact) mass is 426 g/mol. The van der Waals surface area contributed by atoms with Crippen molar-refractivity contribution < 1.29 is 23.8 Å². The second-order valence-corrected chi connectivity index (χ2v) is 7.74. The van der Waals surface area contributed by atoms with Gasteiger partial charge < -0.3 is 24.8 Å². The second kappa shape index (κ2) is 11.4. The van der Waals surface area contributed by atoms with Gasteiger partial charge in [0.25, 0.3) is 0 Å². The first-order valence-electron chi connectivity index (χ1n) is 10.5. The number of hydrogen-bond donors (Lipinski definition) is 2. The quantitative estimate of drug-likeness (QED) is 0.610. The van der Waals surface area contributed by atoms with Gasteiger partial charge in [-0.2, -0.15) is 0 Å². The van der Waals surface area contributed by atoms with E-state index in [0.29, 0.717) is 26.0 Å². The molecule has 1 saturated carbocycles. The third kappa shape index (κ3) is 6.72. The summed E-state index contributed by atoms with van der Waals surface area (Å²) < 4.78 is 16.0. The number of amides is 2. The largest absolute Gasteiger partial charge is 0.497 e. The third-order valence-electron chi connectivity index (χ3n) is 5.47. The van der Waals surface area contributed by atoms with Gasteiger partial charge in [0, 0.05) is 19.7 Å². The van der Waals surface area contributed by atoms with E-state index in [4.69, 9.17) is 14.2 Å². The Morgan fingerprint density at radius 1 is 0.968 bits per heavy atom. The Hall–Kier alpha value is -3.06. The van der Waals surface area contributed by atoms with E-state index in [1.165, 1.54) is 7.11 Å². The number of nitrogens with one attached hydrogen (secondary N) is 2. The fourth-order valence-electron chi connectivity index (χ4n) is 3.90. The summed E-state index contributed by atoms with van der Waals surface area (Å²) >= 11 is 0. The lowest BCUT2D eigenvalue weighted by Gasteiger charge is -2.20. The van der Waals surface area contributed by atoms with Gasteiger partial charge in [-0.3, -0.25) is 9.59 Å². The van der Waals surface area contributed by atoms with Crippen LogP contribution < -0.4 is 20.1 Å². The van der Waals surface area contributed by atoms with Gasteiger partial charge in [-0.25, -0.2) is 0 Å². The molecule has 2 aromatic rings. The van der Waals surface area contributed by atoms with E-state index in [2.05, 4.69) is 10.6 Å². The molecule has 1 aliphatic carbocycles. The molecule has 1 fully saturated rings. The van der Waals surface area contributed by atoms with Crippen molar-refractivity contribution in [3.8, 4) is 11.5 Å². The van der Waals surface area contributed by atoms with Crippen molar-refractivity contribution in [1.82, 2.24) is 10.6 Å². The molecule has 2 amide bonds. The minimum Gasteiger partial charge on any atom is -0.497 e. The van der Waals surface area contributed by atoms with Gasteiger partial charge in [-0.05, 0) is 48.6 Å². The zero-order valence-electron chi connectivity index (χ0n) is 18.0. The molecule has 3 atom stereocenters. The normalized spacial score (nSPS) is 20.1. The Bertz CT molecular complexity index is 841. The Balaban J connectivity index is 1.59. The van der Waals surface area contributed by atoms with Gasteiger partial charge in [-0.15, -0.1) is 0 Å². The predicted octanol–water partition coefficient (Wildman–Crippen LogP) is 2.55. The third-order valence-corrected chi connectivity index (χ3v) is 5.47. The Labute approximate surface area is 183 Å². The molecule has 0 saturated heterocycles. The lowest BCUT2D eigenvalue weighted by molar-refractivity contribution is -0.128. The molecule has 2 N–H and O–H groups in total. The number of carbonyl (C=O) groups is 2. The lowest BCUT2D eigenvalue weighted by Crippen LogP contribution is -2.44. The fourth-order valence-corrected chi connectivity index (χ4v) is 3.90. The maximum absolute atomic E-state index is 13.0. The Morgan fingerprint density at radius 3 is 2.39 bits per heavy atom. The fraction of sp³-hybridized carbons (Fsp3) is 0.417. The highest BCUT2D eigenvalue weighted by molar-refractivity contribution is 5.82. The molecule has 2 aromatic carbocycles. The van der Waals surface area contributed by atoms with Crippen molar-refractivity contribution in [3.63, 3.8) is 0 Å². The average molecular weight is 427 g/mol. The van der Waals surface area contributed by atoms with Crippen LogP contribution in [-0.4, -0.2) is 45.3 Å². The van der Waals surface area contributed by atoms with E-state index < -0.39 is 0 Å². The van der Waals surface area contributed by atoms with E-state index >= 15 is 0 Å². The van der Waals surface area contributed by atoms with Crippen LogP contribution in [0.5, 0.6) is 11.5 Å². The highest BCUT2D eigenvalue weighted by atomic mass is 16.5. The second-order valence-electron chi connectivity index (χ2n) is 7.74. The molecule has 0 bridgehead atoms. The maximum atomic E-state index is 13.0. The van der Waals surface area contributed by atoms with Crippen molar-refractivity contribution in [2.24, 2.45) is 11.8 Å². The molecule has 0 unspecified atom stereocenters. The summed E-state index contributed by atoms with van der Waals surface area (Å²) in [6, 6.07) is 16.9. The van der Waals surface area contributed by atoms with Gasteiger partial charge in [0.2, 0.25) is 11.8 Å². The van der Waals surface area contributed by atoms with Crippen LogP contribution in [0.2, 0.25) is 0 Å².